The van der Waals surface area contributed by atoms with E-state index < -0.39 is 30.2 Å². The smallest absolute Gasteiger partial charge is 0.306 e. The number of carbonyl (C=O) groups is 4. The summed E-state index contributed by atoms with van der Waals surface area (Å²) in [7, 11) is 1.48. The van der Waals surface area contributed by atoms with Gasteiger partial charge in [0.05, 0.1) is 24.1 Å². The first-order valence-electron chi connectivity index (χ1n) is 8.57. The molecule has 0 saturated carbocycles. The minimum atomic E-state index is -0.714. The van der Waals surface area contributed by atoms with Gasteiger partial charge in [-0.05, 0) is 24.3 Å². The van der Waals surface area contributed by atoms with Crippen LogP contribution in [0, 0.1) is 0 Å². The van der Waals surface area contributed by atoms with Gasteiger partial charge in [-0.25, -0.2) is 0 Å². The zero-order chi connectivity index (χ0) is 21.2. The van der Waals surface area contributed by atoms with E-state index in [4.69, 9.17) is 21.1 Å². The zero-order valence-corrected chi connectivity index (χ0v) is 16.3. The number of ether oxygens (including phenoxy) is 2. The van der Waals surface area contributed by atoms with Crippen LogP contribution in [-0.4, -0.2) is 37.3 Å². The van der Waals surface area contributed by atoms with Gasteiger partial charge in [-0.2, -0.15) is 0 Å². The molecule has 8 nitrogen and oxygen atoms in total. The maximum Gasteiger partial charge on any atom is 0.306 e. The van der Waals surface area contributed by atoms with Crippen LogP contribution in [0.2, 0.25) is 5.02 Å². The van der Waals surface area contributed by atoms with Crippen LogP contribution >= 0.6 is 11.6 Å². The van der Waals surface area contributed by atoms with Crippen LogP contribution in [0.4, 0.5) is 0 Å². The molecule has 0 heterocycles. The predicted octanol–water partition coefficient (Wildman–Crippen LogP) is 2.32. The lowest BCUT2D eigenvalue weighted by molar-refractivity contribution is -0.143. The second kappa shape index (κ2) is 10.8. The highest BCUT2D eigenvalue weighted by atomic mass is 35.5. The number of benzene rings is 2. The summed E-state index contributed by atoms with van der Waals surface area (Å²) in [5, 5.41) is 0.239. The molecule has 9 heteroatoms. The third-order valence-corrected chi connectivity index (χ3v) is 4.08. The molecular weight excluding hydrogens is 400 g/mol. The molecule has 2 N–H and O–H groups in total. The number of rotatable bonds is 8. The van der Waals surface area contributed by atoms with Gasteiger partial charge in [-0.15, -0.1) is 0 Å². The molecule has 2 aromatic carbocycles. The standard InChI is InChI=1S/C20H19ClN2O6/c1-28-14-6-4-5-13(11-14)17(24)12-29-19(26)10-9-18(25)22-23-20(27)15-7-2-3-8-16(15)21/h2-8,11H,9-10,12H2,1H3,(H,22,25)(H,23,27). The number of methoxy groups -OCH3 is 1. The summed E-state index contributed by atoms with van der Waals surface area (Å²) < 4.78 is 9.91. The van der Waals surface area contributed by atoms with E-state index in [0.717, 1.165) is 0 Å². The van der Waals surface area contributed by atoms with Gasteiger partial charge in [-0.1, -0.05) is 35.9 Å². The number of ketones is 1. The molecule has 152 valence electrons. The quantitative estimate of drug-likeness (QED) is 0.386. The molecule has 0 aliphatic carbocycles. The van der Waals surface area contributed by atoms with Crippen molar-refractivity contribution in [2.45, 2.75) is 12.8 Å². The number of carbonyl (C=O) groups excluding carboxylic acids is 4. The Bertz CT molecular complexity index is 915. The fraction of sp³-hybridized carbons (Fsp3) is 0.200. The second-order valence-electron chi connectivity index (χ2n) is 5.80. The molecular formula is C20H19ClN2O6. The fourth-order valence-electron chi connectivity index (χ4n) is 2.22. The van der Waals surface area contributed by atoms with Crippen molar-refractivity contribution in [3.8, 4) is 5.75 Å². The first kappa shape index (κ1) is 21.9. The molecule has 2 rings (SSSR count). The van der Waals surface area contributed by atoms with Crippen LogP contribution < -0.4 is 15.6 Å². The summed E-state index contributed by atoms with van der Waals surface area (Å²) >= 11 is 5.89. The third kappa shape index (κ3) is 6.93. The van der Waals surface area contributed by atoms with E-state index in [2.05, 4.69) is 10.9 Å². The fourth-order valence-corrected chi connectivity index (χ4v) is 2.44. The van der Waals surface area contributed by atoms with Crippen molar-refractivity contribution in [3.63, 3.8) is 0 Å². The van der Waals surface area contributed by atoms with Crippen LogP contribution in [-0.2, 0) is 14.3 Å². The molecule has 0 radical (unpaired) electrons. The van der Waals surface area contributed by atoms with Crippen molar-refractivity contribution in [2.24, 2.45) is 0 Å². The summed E-state index contributed by atoms with van der Waals surface area (Å²) in [6, 6.07) is 12.8. The summed E-state index contributed by atoms with van der Waals surface area (Å²) in [5.41, 5.74) is 4.93. The molecule has 0 spiro atoms. The van der Waals surface area contributed by atoms with E-state index in [0.29, 0.717) is 11.3 Å². The van der Waals surface area contributed by atoms with Gasteiger partial charge >= 0.3 is 5.97 Å². The number of hydrogen-bond acceptors (Lipinski definition) is 6. The summed E-state index contributed by atoms with van der Waals surface area (Å²) in [6.07, 6.45) is -0.478. The van der Waals surface area contributed by atoms with Gasteiger partial charge in [0.25, 0.3) is 5.91 Å². The SMILES string of the molecule is COc1cccc(C(=O)COC(=O)CCC(=O)NNC(=O)c2ccccc2Cl)c1. The third-order valence-electron chi connectivity index (χ3n) is 3.75. The van der Waals surface area contributed by atoms with E-state index in [1.807, 2.05) is 0 Å². The lowest BCUT2D eigenvalue weighted by atomic mass is 10.1. The van der Waals surface area contributed by atoms with E-state index in [1.54, 1.807) is 36.4 Å². The van der Waals surface area contributed by atoms with Gasteiger partial charge in [0, 0.05) is 12.0 Å². The largest absolute Gasteiger partial charge is 0.497 e. The maximum atomic E-state index is 12.0. The molecule has 0 aromatic heterocycles. The lowest BCUT2D eigenvalue weighted by Gasteiger charge is -2.08. The Morgan fingerprint density at radius 3 is 2.45 bits per heavy atom. The number of hydrazine groups is 1. The number of nitrogens with one attached hydrogen (secondary N) is 2. The number of halogens is 1. The van der Waals surface area contributed by atoms with Gasteiger partial charge < -0.3 is 9.47 Å². The van der Waals surface area contributed by atoms with Gasteiger partial charge in [-0.3, -0.25) is 30.0 Å². The van der Waals surface area contributed by atoms with Crippen molar-refractivity contribution in [1.82, 2.24) is 10.9 Å². The topological polar surface area (TPSA) is 111 Å². The Kier molecular flexibility index (Phi) is 8.17. The van der Waals surface area contributed by atoms with E-state index in [9.17, 15) is 19.2 Å². The maximum absolute atomic E-state index is 12.0. The van der Waals surface area contributed by atoms with Crippen molar-refractivity contribution < 1.29 is 28.7 Å². The average Bonchev–Trinajstić information content (AvgIpc) is 2.74. The summed E-state index contributed by atoms with van der Waals surface area (Å²) in [6.45, 7) is -0.448. The molecule has 29 heavy (non-hydrogen) atoms. The van der Waals surface area contributed by atoms with E-state index >= 15 is 0 Å². The molecule has 0 atom stereocenters. The van der Waals surface area contributed by atoms with Crippen molar-refractivity contribution in [2.75, 3.05) is 13.7 Å². The van der Waals surface area contributed by atoms with Gasteiger partial charge in [0.1, 0.15) is 5.75 Å². The molecule has 0 unspecified atom stereocenters. The minimum absolute atomic E-state index is 0.199. The lowest BCUT2D eigenvalue weighted by Crippen LogP contribution is -2.41. The minimum Gasteiger partial charge on any atom is -0.497 e. The molecule has 2 amide bonds. The highest BCUT2D eigenvalue weighted by Crippen LogP contribution is 2.14. The Morgan fingerprint density at radius 1 is 0.966 bits per heavy atom. The predicted molar refractivity (Wildman–Crippen MR) is 105 cm³/mol. The van der Waals surface area contributed by atoms with Crippen molar-refractivity contribution in [1.29, 1.82) is 0 Å². The number of hydrogen-bond donors (Lipinski definition) is 2. The molecule has 0 aliphatic rings. The Labute approximate surface area is 172 Å². The zero-order valence-electron chi connectivity index (χ0n) is 15.6. The summed E-state index contributed by atoms with van der Waals surface area (Å²) in [4.78, 5) is 47.4. The molecule has 0 aliphatic heterocycles. The molecule has 0 saturated heterocycles. The van der Waals surface area contributed by atoms with Crippen molar-refractivity contribution >= 4 is 35.2 Å². The molecule has 2 aromatic rings. The normalized spacial score (nSPS) is 10.0. The van der Waals surface area contributed by atoms with E-state index in [1.165, 1.54) is 19.2 Å². The highest BCUT2D eigenvalue weighted by molar-refractivity contribution is 6.33. The van der Waals surface area contributed by atoms with Gasteiger partial charge in [0.15, 0.2) is 12.4 Å². The number of amides is 2. The Morgan fingerprint density at radius 2 is 1.72 bits per heavy atom. The Hall–Kier alpha value is -3.39. The van der Waals surface area contributed by atoms with Gasteiger partial charge in [0.2, 0.25) is 5.91 Å². The highest BCUT2D eigenvalue weighted by Gasteiger charge is 2.14. The molecule has 0 fully saturated rings. The number of esters is 1. The monoisotopic (exact) mass is 418 g/mol. The van der Waals surface area contributed by atoms with Crippen molar-refractivity contribution in [3.05, 3.63) is 64.7 Å². The van der Waals surface area contributed by atoms with Crippen LogP contribution in [0.3, 0.4) is 0 Å². The number of Topliss-reactive ketones (excluding diaryl/α,β-unsaturated/α-hetero) is 1. The first-order chi connectivity index (χ1) is 13.9. The average molecular weight is 419 g/mol. The molecule has 0 bridgehead atoms. The van der Waals surface area contributed by atoms with Crippen LogP contribution in [0.25, 0.3) is 0 Å². The first-order valence-corrected chi connectivity index (χ1v) is 8.95. The van der Waals surface area contributed by atoms with Crippen LogP contribution in [0.15, 0.2) is 48.5 Å². The van der Waals surface area contributed by atoms with Crippen LogP contribution in [0.1, 0.15) is 33.6 Å². The second-order valence-corrected chi connectivity index (χ2v) is 6.21. The summed E-state index contributed by atoms with van der Waals surface area (Å²) in [5.74, 6) is -1.78. The van der Waals surface area contributed by atoms with E-state index in [-0.39, 0.29) is 23.4 Å². The Balaban J connectivity index is 1.70. The van der Waals surface area contributed by atoms with Crippen LogP contribution in [0.5, 0.6) is 5.75 Å².